The lowest BCUT2D eigenvalue weighted by Gasteiger charge is -2.30. The summed E-state index contributed by atoms with van der Waals surface area (Å²) >= 11 is 6.94. The monoisotopic (exact) mass is 581 g/mol. The number of likely N-dealkylation sites (tertiary alicyclic amines) is 1. The minimum absolute atomic E-state index is 0.202. The van der Waals surface area contributed by atoms with Crippen molar-refractivity contribution in [3.63, 3.8) is 0 Å². The third-order valence-electron chi connectivity index (χ3n) is 8.45. The Morgan fingerprint density at radius 3 is 2.74 bits per heavy atom. The van der Waals surface area contributed by atoms with Gasteiger partial charge in [-0.1, -0.05) is 48.0 Å². The first-order valence-corrected chi connectivity index (χ1v) is 14.9. The van der Waals surface area contributed by atoms with Crippen molar-refractivity contribution in [2.45, 2.75) is 57.3 Å². The summed E-state index contributed by atoms with van der Waals surface area (Å²) in [6.45, 7) is 2.43. The molecular weight excluding hydrogens is 549 g/mol. The van der Waals surface area contributed by atoms with Gasteiger partial charge in [-0.3, -0.25) is 9.88 Å². The molecule has 214 valence electrons. The van der Waals surface area contributed by atoms with Gasteiger partial charge in [0.05, 0.1) is 11.7 Å². The van der Waals surface area contributed by atoms with Crippen molar-refractivity contribution in [1.29, 1.82) is 5.26 Å². The zero-order valence-corrected chi connectivity index (χ0v) is 24.2. The van der Waals surface area contributed by atoms with Gasteiger partial charge in [0.15, 0.2) is 0 Å². The van der Waals surface area contributed by atoms with Crippen LogP contribution in [0.25, 0.3) is 11.1 Å². The predicted molar refractivity (Wildman–Crippen MR) is 162 cm³/mol. The molecule has 1 aromatic heterocycles. The molecule has 42 heavy (non-hydrogen) atoms. The number of hydrogen-bond acceptors (Lipinski definition) is 5. The summed E-state index contributed by atoms with van der Waals surface area (Å²) in [5.41, 5.74) is 7.36. The molecule has 1 fully saturated rings. The Hall–Kier alpha value is -3.76. The molecule has 0 radical (unpaired) electrons. The van der Waals surface area contributed by atoms with Gasteiger partial charge in [-0.05, 0) is 91.1 Å². The number of nitrogens with zero attached hydrogens (tertiary/aromatic N) is 3. The van der Waals surface area contributed by atoms with Crippen molar-refractivity contribution in [3.05, 3.63) is 117 Å². The molecule has 7 heteroatoms. The summed E-state index contributed by atoms with van der Waals surface area (Å²) in [5, 5.41) is 20.2. The number of aliphatic hydroxyl groups excluding tert-OH is 1. The number of aromatic nitrogens is 1. The van der Waals surface area contributed by atoms with E-state index in [4.69, 9.17) is 16.3 Å². The molecule has 6 rings (SSSR count). The van der Waals surface area contributed by atoms with Crippen molar-refractivity contribution in [3.8, 4) is 22.9 Å². The topological polar surface area (TPSA) is 69.4 Å². The lowest BCUT2D eigenvalue weighted by atomic mass is 9.90. The van der Waals surface area contributed by atoms with Gasteiger partial charge in [0.1, 0.15) is 24.2 Å². The molecule has 3 aromatic carbocycles. The molecule has 1 aliphatic carbocycles. The third kappa shape index (κ3) is 6.19. The van der Waals surface area contributed by atoms with Crippen molar-refractivity contribution < 1.29 is 14.2 Å². The fourth-order valence-electron chi connectivity index (χ4n) is 6.41. The molecule has 2 heterocycles. The summed E-state index contributed by atoms with van der Waals surface area (Å²) in [7, 11) is 0. The number of pyridine rings is 1. The molecular formula is C35H33ClFN3O2. The first-order chi connectivity index (χ1) is 20.5. The molecule has 1 aliphatic heterocycles. The number of ether oxygens (including phenoxy) is 1. The van der Waals surface area contributed by atoms with Crippen LogP contribution in [0.15, 0.2) is 73.1 Å². The largest absolute Gasteiger partial charge is 0.489 e. The number of hydrogen-bond donors (Lipinski definition) is 1. The van der Waals surface area contributed by atoms with Crippen LogP contribution in [-0.2, 0) is 26.0 Å². The maximum atomic E-state index is 14.7. The van der Waals surface area contributed by atoms with Gasteiger partial charge in [-0.2, -0.15) is 5.26 Å². The second-order valence-electron chi connectivity index (χ2n) is 11.4. The van der Waals surface area contributed by atoms with Gasteiger partial charge >= 0.3 is 0 Å². The fraction of sp³-hybridized carbons (Fsp3) is 0.314. The van der Waals surface area contributed by atoms with Crippen LogP contribution >= 0.6 is 11.6 Å². The number of benzene rings is 3. The van der Waals surface area contributed by atoms with Crippen LogP contribution in [0.3, 0.4) is 0 Å². The number of piperidine rings is 1. The number of fused-ring (bicyclic) bond motifs is 1. The normalized spacial score (nSPS) is 18.4. The first kappa shape index (κ1) is 28.4. The van der Waals surface area contributed by atoms with E-state index in [2.05, 4.69) is 28.1 Å². The Balaban J connectivity index is 1.28. The fourth-order valence-corrected chi connectivity index (χ4v) is 6.67. The van der Waals surface area contributed by atoms with E-state index in [0.29, 0.717) is 29.2 Å². The molecule has 0 bridgehead atoms. The van der Waals surface area contributed by atoms with Crippen LogP contribution in [0.4, 0.5) is 4.39 Å². The highest BCUT2D eigenvalue weighted by Crippen LogP contribution is 2.42. The van der Waals surface area contributed by atoms with E-state index in [1.165, 1.54) is 23.4 Å². The summed E-state index contributed by atoms with van der Waals surface area (Å²) in [6.07, 6.45) is 7.30. The maximum absolute atomic E-state index is 14.7. The van der Waals surface area contributed by atoms with Gasteiger partial charge in [0.2, 0.25) is 0 Å². The summed E-state index contributed by atoms with van der Waals surface area (Å²) in [5.74, 6) is 0.804. The standard InChI is InChI=1S/C35H33ClFN3O2/c36-33-15-27(20-40-12-4-5-28(41)21-40)35(42-22-24-13-23(17-38)18-39-19-24)16-26(33)14-25-10-11-31-29(25)7-3-8-30(31)32-6-1-2-9-34(32)37/h1-3,6-9,13,15-16,18-19,25,28,41H,4-5,10-12,14,20-22H2/t25-,28?/m1/s1. The summed E-state index contributed by atoms with van der Waals surface area (Å²) < 4.78 is 21.1. The number of halogens is 2. The van der Waals surface area contributed by atoms with E-state index in [9.17, 15) is 14.8 Å². The van der Waals surface area contributed by atoms with Gasteiger partial charge < -0.3 is 9.84 Å². The highest BCUT2D eigenvalue weighted by molar-refractivity contribution is 6.31. The van der Waals surface area contributed by atoms with Crippen molar-refractivity contribution in [1.82, 2.24) is 9.88 Å². The van der Waals surface area contributed by atoms with E-state index in [-0.39, 0.29) is 24.4 Å². The zero-order chi connectivity index (χ0) is 29.1. The highest BCUT2D eigenvalue weighted by Gasteiger charge is 2.27. The number of nitriles is 1. The van der Waals surface area contributed by atoms with Crippen LogP contribution in [-0.4, -0.2) is 34.2 Å². The Morgan fingerprint density at radius 2 is 1.90 bits per heavy atom. The van der Waals surface area contributed by atoms with Gasteiger partial charge in [0.25, 0.3) is 0 Å². The number of rotatable bonds is 8. The Bertz CT molecular complexity index is 1640. The Labute approximate surface area is 251 Å². The molecule has 1 unspecified atom stereocenters. The third-order valence-corrected chi connectivity index (χ3v) is 8.80. The van der Waals surface area contributed by atoms with Crippen LogP contribution in [0.2, 0.25) is 5.02 Å². The number of aliphatic hydroxyl groups is 1. The lowest BCUT2D eigenvalue weighted by molar-refractivity contribution is 0.0662. The van der Waals surface area contributed by atoms with Crippen molar-refractivity contribution in [2.24, 2.45) is 0 Å². The van der Waals surface area contributed by atoms with E-state index >= 15 is 0 Å². The average molecular weight is 582 g/mol. The molecule has 0 saturated carbocycles. The Morgan fingerprint density at radius 1 is 1.05 bits per heavy atom. The van der Waals surface area contributed by atoms with E-state index < -0.39 is 0 Å². The van der Waals surface area contributed by atoms with Crippen LogP contribution in [0, 0.1) is 17.1 Å². The smallest absolute Gasteiger partial charge is 0.131 e. The van der Waals surface area contributed by atoms with E-state index in [1.54, 1.807) is 18.3 Å². The average Bonchev–Trinajstić information content (AvgIpc) is 3.41. The van der Waals surface area contributed by atoms with E-state index in [0.717, 1.165) is 66.7 Å². The van der Waals surface area contributed by atoms with Crippen molar-refractivity contribution >= 4 is 11.6 Å². The molecule has 2 atom stereocenters. The SMILES string of the molecule is N#Cc1cncc(COc2cc(C[C@H]3CCc4c(-c5ccccc5F)cccc43)c(Cl)cc2CN2CCCC(O)C2)c1. The molecule has 0 amide bonds. The van der Waals surface area contributed by atoms with Gasteiger partial charge in [-0.15, -0.1) is 0 Å². The van der Waals surface area contributed by atoms with Crippen LogP contribution in [0.1, 0.15) is 58.6 Å². The minimum atomic E-state index is -0.325. The summed E-state index contributed by atoms with van der Waals surface area (Å²) in [6, 6.07) is 21.1. The van der Waals surface area contributed by atoms with Crippen molar-refractivity contribution in [2.75, 3.05) is 13.1 Å². The Kier molecular flexibility index (Phi) is 8.53. The molecule has 1 saturated heterocycles. The second kappa shape index (κ2) is 12.6. The highest BCUT2D eigenvalue weighted by atomic mass is 35.5. The predicted octanol–water partition coefficient (Wildman–Crippen LogP) is 7.22. The first-order valence-electron chi connectivity index (χ1n) is 14.5. The zero-order valence-electron chi connectivity index (χ0n) is 23.4. The number of β-amino-alcohol motifs (C(OH)–C–C–N with tert-alkyl or cyclic N) is 1. The summed E-state index contributed by atoms with van der Waals surface area (Å²) in [4.78, 5) is 6.40. The molecule has 0 spiro atoms. The van der Waals surface area contributed by atoms with E-state index in [1.807, 2.05) is 30.3 Å². The quantitative estimate of drug-likeness (QED) is 0.238. The molecule has 4 aromatic rings. The van der Waals surface area contributed by atoms with Gasteiger partial charge in [-0.25, -0.2) is 4.39 Å². The second-order valence-corrected chi connectivity index (χ2v) is 11.8. The molecule has 1 N–H and O–H groups in total. The molecule has 5 nitrogen and oxygen atoms in total. The van der Waals surface area contributed by atoms with Gasteiger partial charge in [0, 0.05) is 47.2 Å². The van der Waals surface area contributed by atoms with Crippen LogP contribution in [0.5, 0.6) is 5.75 Å². The lowest BCUT2D eigenvalue weighted by Crippen LogP contribution is -2.37. The molecule has 2 aliphatic rings. The van der Waals surface area contributed by atoms with Crippen LogP contribution < -0.4 is 4.74 Å². The minimum Gasteiger partial charge on any atom is -0.489 e. The maximum Gasteiger partial charge on any atom is 0.131 e.